The van der Waals surface area contributed by atoms with Crippen LogP contribution in [-0.2, 0) is 4.79 Å². The Morgan fingerprint density at radius 1 is 1.15 bits per heavy atom. The Labute approximate surface area is 77.6 Å². The van der Waals surface area contributed by atoms with E-state index in [4.69, 9.17) is 11.6 Å². The molecule has 0 spiro atoms. The summed E-state index contributed by atoms with van der Waals surface area (Å²) in [5.74, 6) is 5.70. The minimum Gasteiger partial charge on any atom is -0.338 e. The van der Waals surface area contributed by atoms with Crippen molar-refractivity contribution in [2.75, 3.05) is 26.2 Å². The van der Waals surface area contributed by atoms with E-state index in [9.17, 15) is 4.79 Å². The van der Waals surface area contributed by atoms with Crippen molar-refractivity contribution in [3.63, 3.8) is 0 Å². The first kappa shape index (κ1) is 8.93. The molecule has 0 atom stereocenters. The van der Waals surface area contributed by atoms with Crippen molar-refractivity contribution in [2.24, 2.45) is 11.6 Å². The van der Waals surface area contributed by atoms with Crippen molar-refractivity contribution in [1.29, 1.82) is 0 Å². The van der Waals surface area contributed by atoms with Gasteiger partial charge < -0.3 is 10.6 Å². The van der Waals surface area contributed by atoms with Crippen LogP contribution in [0.2, 0.25) is 0 Å². The molecule has 0 aromatic heterocycles. The lowest BCUT2D eigenvalue weighted by molar-refractivity contribution is -0.135. The molecule has 74 valence electrons. The van der Waals surface area contributed by atoms with Crippen molar-refractivity contribution in [1.82, 2.24) is 9.91 Å². The van der Waals surface area contributed by atoms with Crippen LogP contribution in [0.15, 0.2) is 0 Å². The molecule has 0 aromatic carbocycles. The third-order valence-corrected chi connectivity index (χ3v) is 2.82. The highest BCUT2D eigenvalue weighted by atomic mass is 16.2. The number of rotatable bonds is 1. The molecule has 0 bridgehead atoms. The summed E-state index contributed by atoms with van der Waals surface area (Å²) in [4.78, 5) is 13.6. The fraction of sp³-hybridized carbons (Fsp3) is 0.875. The SMILES string of the molecule is NN1CCN(C(=O)C2(N)CC2)CC1. The van der Waals surface area contributed by atoms with E-state index in [1.54, 1.807) is 5.01 Å². The molecule has 2 aliphatic rings. The van der Waals surface area contributed by atoms with Gasteiger partial charge in [-0.2, -0.15) is 0 Å². The fourth-order valence-corrected chi connectivity index (χ4v) is 1.59. The highest BCUT2D eigenvalue weighted by Gasteiger charge is 2.48. The maximum Gasteiger partial charge on any atom is 0.242 e. The number of hydrazine groups is 1. The van der Waals surface area contributed by atoms with E-state index in [1.165, 1.54) is 0 Å². The zero-order chi connectivity index (χ0) is 9.47. The van der Waals surface area contributed by atoms with Crippen molar-refractivity contribution < 1.29 is 4.79 Å². The number of nitrogens with two attached hydrogens (primary N) is 2. The Morgan fingerprint density at radius 3 is 2.15 bits per heavy atom. The van der Waals surface area contributed by atoms with Gasteiger partial charge in [-0.3, -0.25) is 10.6 Å². The van der Waals surface area contributed by atoms with Crippen molar-refractivity contribution in [3.05, 3.63) is 0 Å². The largest absolute Gasteiger partial charge is 0.338 e. The van der Waals surface area contributed by atoms with Gasteiger partial charge >= 0.3 is 0 Å². The minimum absolute atomic E-state index is 0.112. The lowest BCUT2D eigenvalue weighted by Gasteiger charge is -2.33. The number of carbonyl (C=O) groups is 1. The number of amides is 1. The minimum atomic E-state index is -0.517. The van der Waals surface area contributed by atoms with Gasteiger partial charge in [-0.25, -0.2) is 5.01 Å². The number of piperazine rings is 1. The first-order chi connectivity index (χ1) is 6.12. The maximum absolute atomic E-state index is 11.7. The maximum atomic E-state index is 11.7. The Bertz CT molecular complexity index is 218. The molecule has 4 N–H and O–H groups in total. The summed E-state index contributed by atoms with van der Waals surface area (Å²) in [6, 6.07) is 0. The Hall–Kier alpha value is -0.650. The van der Waals surface area contributed by atoms with Gasteiger partial charge in [-0.1, -0.05) is 0 Å². The van der Waals surface area contributed by atoms with Gasteiger partial charge in [0.25, 0.3) is 0 Å². The summed E-state index contributed by atoms with van der Waals surface area (Å²) in [6.45, 7) is 2.94. The van der Waals surface area contributed by atoms with Crippen LogP contribution in [-0.4, -0.2) is 47.5 Å². The molecule has 1 saturated carbocycles. The monoisotopic (exact) mass is 184 g/mol. The van der Waals surface area contributed by atoms with Gasteiger partial charge in [0, 0.05) is 26.2 Å². The average Bonchev–Trinajstić information content (AvgIpc) is 2.85. The van der Waals surface area contributed by atoms with Gasteiger partial charge in [0.05, 0.1) is 5.54 Å². The van der Waals surface area contributed by atoms with Crippen LogP contribution in [0.1, 0.15) is 12.8 Å². The molecule has 2 fully saturated rings. The van der Waals surface area contributed by atoms with E-state index in [0.29, 0.717) is 13.1 Å². The summed E-state index contributed by atoms with van der Waals surface area (Å²) in [5.41, 5.74) is 5.30. The summed E-state index contributed by atoms with van der Waals surface area (Å²) in [5, 5.41) is 1.74. The van der Waals surface area contributed by atoms with E-state index < -0.39 is 5.54 Å². The fourth-order valence-electron chi connectivity index (χ4n) is 1.59. The van der Waals surface area contributed by atoms with Gasteiger partial charge in [-0.05, 0) is 12.8 Å². The summed E-state index contributed by atoms with van der Waals surface area (Å²) in [6.07, 6.45) is 1.68. The highest BCUT2D eigenvalue weighted by molar-refractivity contribution is 5.89. The van der Waals surface area contributed by atoms with Crippen LogP contribution >= 0.6 is 0 Å². The number of nitrogens with zero attached hydrogens (tertiary/aromatic N) is 2. The molecule has 5 nitrogen and oxygen atoms in total. The lowest BCUT2D eigenvalue weighted by atomic mass is 10.2. The molecule has 13 heavy (non-hydrogen) atoms. The zero-order valence-corrected chi connectivity index (χ0v) is 7.70. The Kier molecular flexibility index (Phi) is 2.02. The van der Waals surface area contributed by atoms with Crippen LogP contribution in [0, 0.1) is 0 Å². The van der Waals surface area contributed by atoms with Crippen LogP contribution in [0.3, 0.4) is 0 Å². The van der Waals surface area contributed by atoms with Gasteiger partial charge in [0.15, 0.2) is 0 Å². The average molecular weight is 184 g/mol. The van der Waals surface area contributed by atoms with Crippen molar-refractivity contribution in [2.45, 2.75) is 18.4 Å². The smallest absolute Gasteiger partial charge is 0.242 e. The molecule has 2 rings (SSSR count). The molecule has 1 aliphatic heterocycles. The van der Waals surface area contributed by atoms with E-state index in [2.05, 4.69) is 0 Å². The first-order valence-electron chi connectivity index (χ1n) is 4.70. The molecule has 1 saturated heterocycles. The second kappa shape index (κ2) is 2.94. The van der Waals surface area contributed by atoms with E-state index in [1.807, 2.05) is 4.90 Å². The van der Waals surface area contributed by atoms with Crippen molar-refractivity contribution >= 4 is 5.91 Å². The van der Waals surface area contributed by atoms with E-state index in [-0.39, 0.29) is 5.91 Å². The molecule has 0 radical (unpaired) electrons. The second-order valence-electron chi connectivity index (χ2n) is 3.98. The summed E-state index contributed by atoms with van der Waals surface area (Å²) in [7, 11) is 0. The molecule has 1 aliphatic carbocycles. The first-order valence-corrected chi connectivity index (χ1v) is 4.70. The standard InChI is InChI=1S/C8H16N4O/c9-8(1-2-8)7(13)11-3-5-12(10)6-4-11/h1-6,9-10H2. The number of hydrogen-bond acceptors (Lipinski definition) is 4. The van der Waals surface area contributed by atoms with Crippen LogP contribution in [0.25, 0.3) is 0 Å². The summed E-state index contributed by atoms with van der Waals surface area (Å²) < 4.78 is 0. The Morgan fingerprint density at radius 2 is 1.69 bits per heavy atom. The molecular formula is C8H16N4O. The second-order valence-corrected chi connectivity index (χ2v) is 3.98. The number of hydrogen-bond donors (Lipinski definition) is 2. The van der Waals surface area contributed by atoms with Gasteiger partial charge in [0.1, 0.15) is 0 Å². The van der Waals surface area contributed by atoms with E-state index >= 15 is 0 Å². The zero-order valence-electron chi connectivity index (χ0n) is 7.70. The molecule has 1 heterocycles. The lowest BCUT2D eigenvalue weighted by Crippen LogP contribution is -2.55. The van der Waals surface area contributed by atoms with E-state index in [0.717, 1.165) is 25.9 Å². The predicted molar refractivity (Wildman–Crippen MR) is 48.5 cm³/mol. The molecular weight excluding hydrogens is 168 g/mol. The molecule has 0 aromatic rings. The topological polar surface area (TPSA) is 75.6 Å². The summed E-state index contributed by atoms with van der Waals surface area (Å²) >= 11 is 0. The van der Waals surface area contributed by atoms with Crippen molar-refractivity contribution in [3.8, 4) is 0 Å². The van der Waals surface area contributed by atoms with Crippen LogP contribution in [0.5, 0.6) is 0 Å². The normalized spacial score (nSPS) is 27.4. The van der Waals surface area contributed by atoms with Gasteiger partial charge in [0.2, 0.25) is 5.91 Å². The van der Waals surface area contributed by atoms with Crippen LogP contribution in [0.4, 0.5) is 0 Å². The highest BCUT2D eigenvalue weighted by Crippen LogP contribution is 2.34. The predicted octanol–water partition coefficient (Wildman–Crippen LogP) is -1.50. The third kappa shape index (κ3) is 1.67. The third-order valence-electron chi connectivity index (χ3n) is 2.82. The van der Waals surface area contributed by atoms with Gasteiger partial charge in [-0.15, -0.1) is 0 Å². The molecule has 0 unspecified atom stereocenters. The molecule has 5 heteroatoms. The Balaban J connectivity index is 1.91. The quantitative estimate of drug-likeness (QED) is 0.486. The number of carbonyl (C=O) groups excluding carboxylic acids is 1. The molecule has 1 amide bonds. The van der Waals surface area contributed by atoms with Crippen LogP contribution < -0.4 is 11.6 Å².